The fourth-order valence-corrected chi connectivity index (χ4v) is 2.59. The molecule has 3 heterocycles. The van der Waals surface area contributed by atoms with Crippen LogP contribution >= 0.6 is 0 Å². The van der Waals surface area contributed by atoms with Crippen molar-refractivity contribution >= 4 is 0 Å². The maximum absolute atomic E-state index is 9.25. The molecule has 1 aromatic carbocycles. The minimum absolute atomic E-state index is 0.578. The van der Waals surface area contributed by atoms with Crippen LogP contribution in [-0.4, -0.2) is 14.5 Å². The molecule has 5 nitrogen and oxygen atoms in total. The predicted octanol–water partition coefficient (Wildman–Crippen LogP) is 4.07. The molecule has 0 atom stereocenters. The fourth-order valence-electron chi connectivity index (χ4n) is 2.59. The van der Waals surface area contributed by atoms with Crippen molar-refractivity contribution in [2.24, 2.45) is 0 Å². The van der Waals surface area contributed by atoms with Crippen LogP contribution in [-0.2, 0) is 0 Å². The summed E-state index contributed by atoms with van der Waals surface area (Å²) in [5.74, 6) is 1.96. The molecule has 0 aliphatic heterocycles. The highest BCUT2D eigenvalue weighted by Gasteiger charge is 2.14. The Hall–Kier alpha value is -3.65. The van der Waals surface area contributed by atoms with Crippen LogP contribution in [0.1, 0.15) is 5.56 Å². The molecule has 0 unspecified atom stereocenters. The average Bonchev–Trinajstić information content (AvgIpc) is 3.31. The highest BCUT2D eigenvalue weighted by Crippen LogP contribution is 2.30. The Morgan fingerprint density at radius 3 is 2.67 bits per heavy atom. The first-order chi connectivity index (χ1) is 11.9. The SMILES string of the molecule is N#Cc1ccccc1-c1ccc(-c2nccn2-c2cccnc2)o1. The number of imidazole rings is 1. The van der Waals surface area contributed by atoms with Gasteiger partial charge in [0, 0.05) is 24.2 Å². The maximum atomic E-state index is 9.25. The van der Waals surface area contributed by atoms with E-state index < -0.39 is 0 Å². The molecule has 24 heavy (non-hydrogen) atoms. The van der Waals surface area contributed by atoms with E-state index in [1.807, 2.05) is 53.2 Å². The number of aromatic nitrogens is 3. The lowest BCUT2D eigenvalue weighted by molar-refractivity contribution is 0.590. The van der Waals surface area contributed by atoms with Crippen LogP contribution in [0, 0.1) is 11.3 Å². The highest BCUT2D eigenvalue weighted by atomic mass is 16.3. The van der Waals surface area contributed by atoms with E-state index in [4.69, 9.17) is 4.42 Å². The van der Waals surface area contributed by atoms with Crippen LogP contribution in [0.2, 0.25) is 0 Å². The minimum Gasteiger partial charge on any atom is -0.453 e. The molecule has 0 aliphatic rings. The Kier molecular flexibility index (Phi) is 3.41. The zero-order chi connectivity index (χ0) is 16.4. The molecular formula is C19H12N4O. The third kappa shape index (κ3) is 2.36. The molecule has 0 saturated carbocycles. The lowest BCUT2D eigenvalue weighted by Crippen LogP contribution is -1.95. The van der Waals surface area contributed by atoms with E-state index in [1.165, 1.54) is 0 Å². The van der Waals surface area contributed by atoms with Crippen molar-refractivity contribution in [3.63, 3.8) is 0 Å². The molecule has 0 N–H and O–H groups in total. The summed E-state index contributed by atoms with van der Waals surface area (Å²) in [5.41, 5.74) is 2.25. The smallest absolute Gasteiger partial charge is 0.180 e. The number of pyridine rings is 1. The molecule has 0 aliphatic carbocycles. The molecule has 0 bridgehead atoms. The van der Waals surface area contributed by atoms with Gasteiger partial charge in [0.2, 0.25) is 0 Å². The van der Waals surface area contributed by atoms with E-state index in [0.29, 0.717) is 22.9 Å². The highest BCUT2D eigenvalue weighted by molar-refractivity contribution is 5.68. The number of hydrogen-bond donors (Lipinski definition) is 0. The van der Waals surface area contributed by atoms with Gasteiger partial charge >= 0.3 is 0 Å². The van der Waals surface area contributed by atoms with Crippen molar-refractivity contribution in [2.45, 2.75) is 0 Å². The van der Waals surface area contributed by atoms with Gasteiger partial charge in [-0.2, -0.15) is 5.26 Å². The summed E-state index contributed by atoms with van der Waals surface area (Å²) in [5, 5.41) is 9.25. The van der Waals surface area contributed by atoms with Crippen LogP contribution in [0.5, 0.6) is 0 Å². The Morgan fingerprint density at radius 2 is 1.83 bits per heavy atom. The number of furan rings is 1. The summed E-state index contributed by atoms with van der Waals surface area (Å²) < 4.78 is 7.87. The van der Waals surface area contributed by atoms with Crippen molar-refractivity contribution in [3.05, 3.63) is 78.9 Å². The Labute approximate surface area is 138 Å². The van der Waals surface area contributed by atoms with Crippen molar-refractivity contribution in [3.8, 4) is 34.7 Å². The Balaban J connectivity index is 1.78. The molecule has 0 radical (unpaired) electrons. The minimum atomic E-state index is 0.578. The zero-order valence-electron chi connectivity index (χ0n) is 12.6. The quantitative estimate of drug-likeness (QED) is 0.572. The molecule has 0 fully saturated rings. The van der Waals surface area contributed by atoms with Crippen molar-refractivity contribution < 1.29 is 4.42 Å². The third-order valence-electron chi connectivity index (χ3n) is 3.70. The van der Waals surface area contributed by atoms with Gasteiger partial charge in [-0.1, -0.05) is 12.1 Å². The number of nitrogens with zero attached hydrogens (tertiary/aromatic N) is 4. The molecule has 114 valence electrons. The lowest BCUT2D eigenvalue weighted by Gasteiger charge is -2.05. The van der Waals surface area contributed by atoms with E-state index in [9.17, 15) is 5.26 Å². The van der Waals surface area contributed by atoms with E-state index >= 15 is 0 Å². The van der Waals surface area contributed by atoms with Gasteiger partial charge in [0.25, 0.3) is 0 Å². The van der Waals surface area contributed by atoms with E-state index in [-0.39, 0.29) is 0 Å². The van der Waals surface area contributed by atoms with Gasteiger partial charge in [-0.25, -0.2) is 4.98 Å². The summed E-state index contributed by atoms with van der Waals surface area (Å²) in [7, 11) is 0. The molecule has 4 aromatic rings. The van der Waals surface area contributed by atoms with Crippen molar-refractivity contribution in [1.82, 2.24) is 14.5 Å². The first-order valence-electron chi connectivity index (χ1n) is 7.40. The lowest BCUT2D eigenvalue weighted by atomic mass is 10.1. The second kappa shape index (κ2) is 5.86. The van der Waals surface area contributed by atoms with Gasteiger partial charge in [0.05, 0.1) is 23.5 Å². The molecule has 5 heteroatoms. The van der Waals surface area contributed by atoms with Crippen LogP contribution in [0.25, 0.3) is 28.6 Å². The van der Waals surface area contributed by atoms with Crippen LogP contribution < -0.4 is 0 Å². The predicted molar refractivity (Wildman–Crippen MR) is 89.2 cm³/mol. The molecule has 0 amide bonds. The maximum Gasteiger partial charge on any atom is 0.180 e. The summed E-state index contributed by atoms with van der Waals surface area (Å²) in [6.07, 6.45) is 7.06. The van der Waals surface area contributed by atoms with Gasteiger partial charge < -0.3 is 4.42 Å². The summed E-state index contributed by atoms with van der Waals surface area (Å²) in [4.78, 5) is 8.52. The molecule has 0 spiro atoms. The van der Waals surface area contributed by atoms with Crippen LogP contribution in [0.3, 0.4) is 0 Å². The van der Waals surface area contributed by atoms with Gasteiger partial charge in [0.15, 0.2) is 11.6 Å². The number of rotatable bonds is 3. The van der Waals surface area contributed by atoms with Gasteiger partial charge in [-0.3, -0.25) is 9.55 Å². The Bertz CT molecular complexity index is 1020. The van der Waals surface area contributed by atoms with Crippen LogP contribution in [0.15, 0.2) is 77.7 Å². The van der Waals surface area contributed by atoms with Gasteiger partial charge in [0.1, 0.15) is 5.76 Å². The van der Waals surface area contributed by atoms with Crippen molar-refractivity contribution in [2.75, 3.05) is 0 Å². The third-order valence-corrected chi connectivity index (χ3v) is 3.70. The summed E-state index contributed by atoms with van der Waals surface area (Å²) in [6.45, 7) is 0. The van der Waals surface area contributed by atoms with Gasteiger partial charge in [-0.05, 0) is 36.4 Å². The molecule has 3 aromatic heterocycles. The normalized spacial score (nSPS) is 10.5. The largest absolute Gasteiger partial charge is 0.453 e. The first-order valence-corrected chi connectivity index (χ1v) is 7.40. The van der Waals surface area contributed by atoms with E-state index in [2.05, 4.69) is 16.0 Å². The first kappa shape index (κ1) is 14.0. The average molecular weight is 312 g/mol. The molecular weight excluding hydrogens is 300 g/mol. The van der Waals surface area contributed by atoms with Crippen LogP contribution in [0.4, 0.5) is 0 Å². The summed E-state index contributed by atoms with van der Waals surface area (Å²) in [6, 6.07) is 17.1. The Morgan fingerprint density at radius 1 is 0.958 bits per heavy atom. The second-order valence-electron chi connectivity index (χ2n) is 5.15. The van der Waals surface area contributed by atoms with E-state index in [0.717, 1.165) is 11.3 Å². The summed E-state index contributed by atoms with van der Waals surface area (Å²) >= 11 is 0. The fraction of sp³-hybridized carbons (Fsp3) is 0. The van der Waals surface area contributed by atoms with E-state index in [1.54, 1.807) is 24.7 Å². The molecule has 0 saturated heterocycles. The monoisotopic (exact) mass is 312 g/mol. The second-order valence-corrected chi connectivity index (χ2v) is 5.15. The van der Waals surface area contributed by atoms with Crippen molar-refractivity contribution in [1.29, 1.82) is 5.26 Å². The topological polar surface area (TPSA) is 67.6 Å². The number of nitriles is 1. The standard InChI is InChI=1S/C19H12N4O/c20-12-14-4-1-2-6-16(14)17-7-8-18(24-17)19-22-10-11-23(19)15-5-3-9-21-13-15/h1-11,13H. The van der Waals surface area contributed by atoms with Gasteiger partial charge in [-0.15, -0.1) is 0 Å². The zero-order valence-corrected chi connectivity index (χ0v) is 12.6. The number of benzene rings is 1. The number of hydrogen-bond acceptors (Lipinski definition) is 4. The molecule has 4 rings (SSSR count).